The van der Waals surface area contributed by atoms with Gasteiger partial charge >= 0.3 is 8.80 Å². The molecule has 5 nitrogen and oxygen atoms in total. The molecule has 0 aromatic rings. The topological polar surface area (TPSA) is 56.8 Å². The van der Waals surface area contributed by atoms with Crippen molar-refractivity contribution in [1.82, 2.24) is 5.32 Å². The zero-order valence-electron chi connectivity index (χ0n) is 15.5. The van der Waals surface area contributed by atoms with E-state index >= 15 is 0 Å². The Labute approximate surface area is 143 Å². The monoisotopic (exact) mass is 346 g/mol. The second kappa shape index (κ2) is 15.1. The molecule has 0 heterocycles. The normalized spacial score (nSPS) is 11.7. The fourth-order valence-corrected chi connectivity index (χ4v) is 4.17. The van der Waals surface area contributed by atoms with Crippen molar-refractivity contribution in [3.63, 3.8) is 0 Å². The van der Waals surface area contributed by atoms with Crippen molar-refractivity contribution in [2.75, 3.05) is 27.9 Å². The largest absolute Gasteiger partial charge is 0.500 e. The van der Waals surface area contributed by atoms with Crippen LogP contribution in [-0.2, 0) is 18.1 Å². The van der Waals surface area contributed by atoms with Crippen molar-refractivity contribution in [3.8, 4) is 0 Å². The molecule has 1 radical (unpaired) electrons. The predicted molar refractivity (Wildman–Crippen MR) is 96.1 cm³/mol. The van der Waals surface area contributed by atoms with Crippen molar-refractivity contribution < 1.29 is 18.1 Å². The highest BCUT2D eigenvalue weighted by molar-refractivity contribution is 6.60. The highest BCUT2D eigenvalue weighted by atomic mass is 28.4. The molecule has 137 valence electrons. The van der Waals surface area contributed by atoms with Crippen molar-refractivity contribution in [2.45, 2.75) is 70.8 Å². The molecule has 0 saturated carbocycles. The van der Waals surface area contributed by atoms with Gasteiger partial charge in [-0.05, 0) is 25.7 Å². The van der Waals surface area contributed by atoms with Crippen LogP contribution in [0.2, 0.25) is 6.04 Å². The zero-order valence-corrected chi connectivity index (χ0v) is 16.5. The minimum Gasteiger partial charge on any atom is -0.377 e. The fourth-order valence-electron chi connectivity index (χ4n) is 2.44. The highest BCUT2D eigenvalue weighted by Crippen LogP contribution is 2.14. The van der Waals surface area contributed by atoms with Gasteiger partial charge in [0.15, 0.2) is 0 Å². The predicted octanol–water partition coefficient (Wildman–Crippen LogP) is 3.72. The second-order valence-corrected chi connectivity index (χ2v) is 8.87. The Hall–Kier alpha value is -0.433. The van der Waals surface area contributed by atoms with E-state index in [0.717, 1.165) is 19.3 Å². The third-order valence-corrected chi connectivity index (χ3v) is 6.82. The molecule has 0 atom stereocenters. The molecule has 1 amide bonds. The Bertz CT molecular complexity index is 278. The third-order valence-electron chi connectivity index (χ3n) is 3.99. The van der Waals surface area contributed by atoms with E-state index in [4.69, 9.17) is 13.3 Å². The van der Waals surface area contributed by atoms with Crippen molar-refractivity contribution in [2.24, 2.45) is 0 Å². The van der Waals surface area contributed by atoms with Gasteiger partial charge in [-0.3, -0.25) is 4.79 Å². The van der Waals surface area contributed by atoms with Gasteiger partial charge in [0.1, 0.15) is 0 Å². The summed E-state index contributed by atoms with van der Waals surface area (Å²) in [6, 6.07) is 0.711. The Kier molecular flexibility index (Phi) is 14.8. The molecule has 0 aromatic heterocycles. The summed E-state index contributed by atoms with van der Waals surface area (Å²) < 4.78 is 16.0. The maximum Gasteiger partial charge on any atom is 0.500 e. The average Bonchev–Trinajstić information content (AvgIpc) is 2.58. The number of amides is 1. The van der Waals surface area contributed by atoms with Crippen molar-refractivity contribution in [3.05, 3.63) is 6.42 Å². The van der Waals surface area contributed by atoms with Crippen LogP contribution in [0, 0.1) is 6.42 Å². The van der Waals surface area contributed by atoms with E-state index < -0.39 is 8.80 Å². The van der Waals surface area contributed by atoms with Crippen LogP contribution in [0.1, 0.15) is 64.7 Å². The zero-order chi connectivity index (χ0) is 17.4. The molecule has 0 aliphatic rings. The number of unbranched alkanes of at least 4 members (excludes halogenated alkanes) is 7. The number of carbonyl (C=O) groups is 1. The number of carbonyl (C=O) groups excluding carboxylic acids is 1. The lowest BCUT2D eigenvalue weighted by atomic mass is 10.1. The van der Waals surface area contributed by atoms with Crippen LogP contribution < -0.4 is 5.32 Å². The first kappa shape index (κ1) is 22.6. The molecule has 0 spiro atoms. The summed E-state index contributed by atoms with van der Waals surface area (Å²) in [5.41, 5.74) is 0. The minimum atomic E-state index is -2.50. The van der Waals surface area contributed by atoms with E-state index in [1.54, 1.807) is 21.3 Å². The first-order chi connectivity index (χ1) is 11.1. The quantitative estimate of drug-likeness (QED) is 0.342. The molecule has 23 heavy (non-hydrogen) atoms. The van der Waals surface area contributed by atoms with Gasteiger partial charge in [-0.15, -0.1) is 0 Å². The number of rotatable bonds is 16. The van der Waals surface area contributed by atoms with E-state index in [1.165, 1.54) is 32.1 Å². The third kappa shape index (κ3) is 11.7. The van der Waals surface area contributed by atoms with Gasteiger partial charge in [-0.25, -0.2) is 0 Å². The first-order valence-corrected chi connectivity index (χ1v) is 10.8. The number of hydrogen-bond acceptors (Lipinski definition) is 4. The molecule has 0 fully saturated rings. The van der Waals surface area contributed by atoms with E-state index in [9.17, 15) is 4.79 Å². The molecule has 0 unspecified atom stereocenters. The van der Waals surface area contributed by atoms with Gasteiger partial charge in [-0.2, -0.15) is 0 Å². The lowest BCUT2D eigenvalue weighted by Crippen LogP contribution is -2.43. The summed E-state index contributed by atoms with van der Waals surface area (Å²) in [7, 11) is 2.33. The van der Waals surface area contributed by atoms with Crippen LogP contribution in [0.3, 0.4) is 0 Å². The summed E-state index contributed by atoms with van der Waals surface area (Å²) in [5, 5.41) is 2.95. The van der Waals surface area contributed by atoms with Crippen LogP contribution in [0.25, 0.3) is 0 Å². The summed E-state index contributed by atoms with van der Waals surface area (Å²) in [6.07, 6.45) is 12.1. The van der Waals surface area contributed by atoms with Crippen LogP contribution in [0.15, 0.2) is 0 Å². The van der Waals surface area contributed by atoms with Gasteiger partial charge in [0.05, 0.1) is 0 Å². The minimum absolute atomic E-state index is 0.129. The lowest BCUT2D eigenvalue weighted by Gasteiger charge is -2.24. The molecule has 0 saturated heterocycles. The summed E-state index contributed by atoms with van der Waals surface area (Å²) in [4.78, 5) is 11.7. The first-order valence-electron chi connectivity index (χ1n) is 8.88. The SMILES string of the molecule is CCCCCC[CH]CCCC(=O)NCCC[Si](OC)(OC)OC. The van der Waals surface area contributed by atoms with Crippen LogP contribution >= 0.6 is 0 Å². The Morgan fingerprint density at radius 3 is 2.22 bits per heavy atom. The van der Waals surface area contributed by atoms with Crippen LogP contribution in [-0.4, -0.2) is 42.6 Å². The standard InChI is InChI=1S/C17H36NO4Si/c1-5-6-7-8-9-10-11-12-14-17(19)18-15-13-16-23(20-2,21-3)22-4/h10H,5-9,11-16H2,1-4H3,(H,18,19). The molecule has 0 aliphatic carbocycles. The molecular formula is C17H36NO4Si. The van der Waals surface area contributed by atoms with E-state index in [2.05, 4.69) is 18.7 Å². The number of hydrogen-bond donors (Lipinski definition) is 1. The molecule has 0 aromatic carbocycles. The molecule has 0 rings (SSSR count). The Balaban J connectivity index is 3.50. The van der Waals surface area contributed by atoms with Crippen LogP contribution in [0.5, 0.6) is 0 Å². The lowest BCUT2D eigenvalue weighted by molar-refractivity contribution is -0.121. The Morgan fingerprint density at radius 2 is 1.61 bits per heavy atom. The highest BCUT2D eigenvalue weighted by Gasteiger charge is 2.36. The van der Waals surface area contributed by atoms with Crippen LogP contribution in [0.4, 0.5) is 0 Å². The molecule has 0 bridgehead atoms. The summed E-state index contributed by atoms with van der Waals surface area (Å²) >= 11 is 0. The van der Waals surface area contributed by atoms with Crippen molar-refractivity contribution >= 4 is 14.7 Å². The maximum absolute atomic E-state index is 11.7. The second-order valence-electron chi connectivity index (χ2n) is 5.78. The average molecular weight is 347 g/mol. The fraction of sp³-hybridized carbons (Fsp3) is 0.882. The summed E-state index contributed by atoms with van der Waals surface area (Å²) in [5.74, 6) is 0.129. The van der Waals surface area contributed by atoms with Gasteiger partial charge in [0.2, 0.25) is 5.91 Å². The maximum atomic E-state index is 11.7. The van der Waals surface area contributed by atoms with Gasteiger partial charge in [-0.1, -0.05) is 39.0 Å². The van der Waals surface area contributed by atoms with Gasteiger partial charge in [0.25, 0.3) is 0 Å². The molecule has 0 aliphatic heterocycles. The molecular weight excluding hydrogens is 310 g/mol. The van der Waals surface area contributed by atoms with E-state index in [0.29, 0.717) is 19.0 Å². The van der Waals surface area contributed by atoms with Gasteiger partial charge < -0.3 is 18.6 Å². The molecule has 1 N–H and O–H groups in total. The smallest absolute Gasteiger partial charge is 0.377 e. The number of nitrogens with one attached hydrogen (secondary N) is 1. The summed E-state index contributed by atoms with van der Waals surface area (Å²) in [6.45, 7) is 2.87. The van der Waals surface area contributed by atoms with E-state index in [1.807, 2.05) is 0 Å². The van der Waals surface area contributed by atoms with Gasteiger partial charge in [0, 0.05) is 40.3 Å². The van der Waals surface area contributed by atoms with E-state index in [-0.39, 0.29) is 5.91 Å². The Morgan fingerprint density at radius 1 is 0.957 bits per heavy atom. The van der Waals surface area contributed by atoms with Crippen molar-refractivity contribution in [1.29, 1.82) is 0 Å². The molecule has 6 heteroatoms.